The van der Waals surface area contributed by atoms with E-state index in [0.717, 1.165) is 15.7 Å². The van der Waals surface area contributed by atoms with Crippen molar-refractivity contribution in [2.24, 2.45) is 5.41 Å². The van der Waals surface area contributed by atoms with E-state index < -0.39 is 0 Å². The molecule has 1 aliphatic rings. The van der Waals surface area contributed by atoms with E-state index in [1.54, 1.807) is 13.1 Å². The molecule has 0 unspecified atom stereocenters. The number of halogens is 1. The minimum Gasteiger partial charge on any atom is -0.294 e. The van der Waals surface area contributed by atoms with Gasteiger partial charge in [-0.25, -0.2) is 0 Å². The van der Waals surface area contributed by atoms with Crippen LogP contribution in [0.4, 0.5) is 0 Å². The van der Waals surface area contributed by atoms with Crippen molar-refractivity contribution in [3.63, 3.8) is 0 Å². The Hall–Kier alpha value is -1.48. The zero-order chi connectivity index (χ0) is 18.8. The van der Waals surface area contributed by atoms with E-state index in [9.17, 15) is 4.79 Å². The fourth-order valence-corrected chi connectivity index (χ4v) is 4.48. The highest BCUT2D eigenvalue weighted by Crippen LogP contribution is 2.61. The van der Waals surface area contributed by atoms with Gasteiger partial charge in [0, 0.05) is 21.8 Å². The number of ketones is 1. The first-order valence-electron chi connectivity index (χ1n) is 8.73. The Labute approximate surface area is 159 Å². The van der Waals surface area contributed by atoms with Crippen LogP contribution in [0.1, 0.15) is 70.0 Å². The average molecular weight is 400 g/mol. The maximum Gasteiger partial charge on any atom is 0.162 e. The fourth-order valence-electron chi connectivity index (χ4n) is 4.15. The highest BCUT2D eigenvalue weighted by molar-refractivity contribution is 9.10. The van der Waals surface area contributed by atoms with Gasteiger partial charge in [0.1, 0.15) is 0 Å². The predicted molar refractivity (Wildman–Crippen MR) is 107 cm³/mol. The first-order chi connectivity index (χ1) is 11.4. The maximum absolute atomic E-state index is 12.1. The Kier molecular flexibility index (Phi) is 4.03. The van der Waals surface area contributed by atoms with Crippen LogP contribution in [0.25, 0.3) is 11.3 Å². The van der Waals surface area contributed by atoms with Gasteiger partial charge in [-0.1, -0.05) is 53.7 Å². The highest BCUT2D eigenvalue weighted by atomic mass is 79.9. The largest absolute Gasteiger partial charge is 0.294 e. The SMILES string of the molecule is CC(=O)c1cc(Br)cnc1-c1ccc2c(c1)C(C)(C)C(C)(C)C2(C)C. The first kappa shape index (κ1) is 18.3. The summed E-state index contributed by atoms with van der Waals surface area (Å²) < 4.78 is 0.824. The van der Waals surface area contributed by atoms with Crippen molar-refractivity contribution in [3.8, 4) is 11.3 Å². The molecule has 0 N–H and O–H groups in total. The fraction of sp³-hybridized carbons (Fsp3) is 0.455. The number of benzene rings is 1. The first-order valence-corrected chi connectivity index (χ1v) is 9.52. The minimum atomic E-state index is 0.0317. The van der Waals surface area contributed by atoms with Gasteiger partial charge in [-0.15, -0.1) is 0 Å². The van der Waals surface area contributed by atoms with E-state index in [4.69, 9.17) is 0 Å². The summed E-state index contributed by atoms with van der Waals surface area (Å²) in [5, 5.41) is 0. The van der Waals surface area contributed by atoms with Crippen LogP contribution in [0.5, 0.6) is 0 Å². The molecule has 3 heteroatoms. The lowest BCUT2D eigenvalue weighted by molar-refractivity contribution is 0.101. The van der Waals surface area contributed by atoms with Crippen molar-refractivity contribution >= 4 is 21.7 Å². The molecule has 0 bridgehead atoms. The zero-order valence-corrected chi connectivity index (χ0v) is 17.7. The Morgan fingerprint density at radius 3 is 2.16 bits per heavy atom. The van der Waals surface area contributed by atoms with Crippen LogP contribution in [-0.4, -0.2) is 10.8 Å². The number of nitrogens with zero attached hydrogens (tertiary/aromatic N) is 1. The van der Waals surface area contributed by atoms with Crippen molar-refractivity contribution < 1.29 is 4.79 Å². The average Bonchev–Trinajstić information content (AvgIpc) is 2.63. The summed E-state index contributed by atoms with van der Waals surface area (Å²) in [6, 6.07) is 8.45. The Bertz CT molecular complexity index is 878. The van der Waals surface area contributed by atoms with Gasteiger partial charge in [0.05, 0.1) is 5.69 Å². The lowest BCUT2D eigenvalue weighted by Crippen LogP contribution is -2.42. The smallest absolute Gasteiger partial charge is 0.162 e. The van der Waals surface area contributed by atoms with Crippen LogP contribution in [0, 0.1) is 5.41 Å². The third-order valence-corrected chi connectivity index (χ3v) is 7.43. The minimum absolute atomic E-state index is 0.0317. The van der Waals surface area contributed by atoms with Gasteiger partial charge in [-0.3, -0.25) is 9.78 Å². The second kappa shape index (κ2) is 5.51. The molecular weight excluding hydrogens is 374 g/mol. The molecule has 1 heterocycles. The van der Waals surface area contributed by atoms with Crippen LogP contribution in [-0.2, 0) is 10.8 Å². The number of carbonyl (C=O) groups is 1. The normalized spacial score (nSPS) is 19.5. The molecule has 2 aromatic rings. The molecule has 0 atom stereocenters. The van der Waals surface area contributed by atoms with Crippen molar-refractivity contribution in [2.45, 2.75) is 59.3 Å². The zero-order valence-electron chi connectivity index (χ0n) is 16.1. The molecule has 0 spiro atoms. The van der Waals surface area contributed by atoms with E-state index >= 15 is 0 Å². The van der Waals surface area contributed by atoms with Gasteiger partial charge in [0.15, 0.2) is 5.78 Å². The summed E-state index contributed by atoms with van der Waals surface area (Å²) in [6.07, 6.45) is 1.76. The van der Waals surface area contributed by atoms with Gasteiger partial charge in [-0.05, 0) is 62.4 Å². The summed E-state index contributed by atoms with van der Waals surface area (Å²) in [7, 11) is 0. The number of Topliss-reactive ketones (excluding diaryl/α,β-unsaturated/α-hetero) is 1. The molecule has 1 aromatic carbocycles. The van der Waals surface area contributed by atoms with Gasteiger partial charge < -0.3 is 0 Å². The van der Waals surface area contributed by atoms with Crippen molar-refractivity contribution in [3.05, 3.63) is 51.6 Å². The number of hydrogen-bond donors (Lipinski definition) is 0. The number of carbonyl (C=O) groups excluding carboxylic acids is 1. The summed E-state index contributed by atoms with van der Waals surface area (Å²) >= 11 is 3.42. The summed E-state index contributed by atoms with van der Waals surface area (Å²) in [6.45, 7) is 15.6. The van der Waals surface area contributed by atoms with Crippen LogP contribution in [0.2, 0.25) is 0 Å². The van der Waals surface area contributed by atoms with Crippen LogP contribution >= 0.6 is 15.9 Å². The topological polar surface area (TPSA) is 30.0 Å². The second-order valence-electron chi connectivity index (χ2n) is 8.74. The van der Waals surface area contributed by atoms with Gasteiger partial charge in [0.25, 0.3) is 0 Å². The number of rotatable bonds is 2. The van der Waals surface area contributed by atoms with Crippen molar-refractivity contribution in [1.29, 1.82) is 0 Å². The lowest BCUT2D eigenvalue weighted by atomic mass is 9.59. The number of fused-ring (bicyclic) bond motifs is 1. The van der Waals surface area contributed by atoms with E-state index in [1.165, 1.54) is 11.1 Å². The monoisotopic (exact) mass is 399 g/mol. The summed E-state index contributed by atoms with van der Waals surface area (Å²) in [5.74, 6) is 0.0317. The van der Waals surface area contributed by atoms with Gasteiger partial charge in [0.2, 0.25) is 0 Å². The van der Waals surface area contributed by atoms with Crippen LogP contribution in [0.3, 0.4) is 0 Å². The molecule has 25 heavy (non-hydrogen) atoms. The molecule has 2 nitrogen and oxygen atoms in total. The number of aromatic nitrogens is 1. The van der Waals surface area contributed by atoms with Gasteiger partial charge in [-0.2, -0.15) is 0 Å². The molecular formula is C22H26BrNO. The molecule has 3 rings (SSSR count). The van der Waals surface area contributed by atoms with Crippen LogP contribution in [0.15, 0.2) is 34.9 Å². The lowest BCUT2D eigenvalue weighted by Gasteiger charge is -2.44. The molecule has 1 aliphatic carbocycles. The van der Waals surface area contributed by atoms with E-state index in [0.29, 0.717) is 5.56 Å². The predicted octanol–water partition coefficient (Wildman–Crippen LogP) is 6.31. The molecule has 0 radical (unpaired) electrons. The van der Waals surface area contributed by atoms with E-state index in [2.05, 4.69) is 80.7 Å². The van der Waals surface area contributed by atoms with Crippen LogP contribution < -0.4 is 0 Å². The number of hydrogen-bond acceptors (Lipinski definition) is 2. The second-order valence-corrected chi connectivity index (χ2v) is 9.66. The van der Waals surface area contributed by atoms with E-state index in [1.807, 2.05) is 6.07 Å². The molecule has 0 fully saturated rings. The molecule has 0 saturated heterocycles. The van der Waals surface area contributed by atoms with Crippen molar-refractivity contribution in [2.75, 3.05) is 0 Å². The highest BCUT2D eigenvalue weighted by Gasteiger charge is 2.56. The summed E-state index contributed by atoms with van der Waals surface area (Å²) in [4.78, 5) is 16.6. The van der Waals surface area contributed by atoms with E-state index in [-0.39, 0.29) is 22.0 Å². The standard InChI is InChI=1S/C22H26BrNO/c1-13(25)16-11-15(23)12-24-19(16)14-8-9-17-18(10-14)21(4,5)22(6,7)20(17,2)3/h8-12H,1-7H3. The third kappa shape index (κ3) is 2.43. The molecule has 0 aliphatic heterocycles. The van der Waals surface area contributed by atoms with Crippen molar-refractivity contribution in [1.82, 2.24) is 4.98 Å². The third-order valence-electron chi connectivity index (χ3n) is 7.00. The Morgan fingerprint density at radius 2 is 1.56 bits per heavy atom. The number of pyridine rings is 1. The maximum atomic E-state index is 12.1. The molecule has 0 amide bonds. The Balaban J connectivity index is 2.25. The molecule has 132 valence electrons. The van der Waals surface area contributed by atoms with Gasteiger partial charge >= 0.3 is 0 Å². The molecule has 1 aromatic heterocycles. The quantitative estimate of drug-likeness (QED) is 0.553. The Morgan fingerprint density at radius 1 is 0.960 bits per heavy atom. The molecule has 0 saturated carbocycles. The summed E-state index contributed by atoms with van der Waals surface area (Å²) in [5.41, 5.74) is 5.43.